The number of likely N-dealkylation sites (tertiary alicyclic amines) is 1. The number of rotatable bonds is 4. The van der Waals surface area contributed by atoms with Gasteiger partial charge in [-0.1, -0.05) is 0 Å². The number of hydrogen-bond donors (Lipinski definition) is 1. The molecule has 19 heavy (non-hydrogen) atoms. The van der Waals surface area contributed by atoms with Crippen LogP contribution in [0, 0.1) is 0 Å². The molecule has 1 aliphatic heterocycles. The molecule has 1 aromatic rings. The predicted octanol–water partition coefficient (Wildman–Crippen LogP) is 1.77. The van der Waals surface area contributed by atoms with E-state index in [-0.39, 0.29) is 0 Å². The Labute approximate surface area is 119 Å². The maximum absolute atomic E-state index is 4.70. The number of nitrogens with zero attached hydrogens (tertiary/aromatic N) is 4. The molecule has 106 valence electrons. The van der Waals surface area contributed by atoms with Crippen molar-refractivity contribution in [1.29, 1.82) is 0 Å². The number of aliphatic imine (C=N–C) groups is 1. The second kappa shape index (κ2) is 6.75. The van der Waals surface area contributed by atoms with Crippen molar-refractivity contribution < 1.29 is 0 Å². The molecule has 1 aliphatic rings. The summed E-state index contributed by atoms with van der Waals surface area (Å²) in [5.74, 6) is 1.03. The van der Waals surface area contributed by atoms with Crippen LogP contribution in [0.4, 0.5) is 5.13 Å². The fourth-order valence-electron chi connectivity index (χ4n) is 2.08. The molecule has 1 aromatic heterocycles. The second-order valence-electron chi connectivity index (χ2n) is 4.88. The largest absolute Gasteiger partial charge is 0.357 e. The molecule has 5 nitrogen and oxygen atoms in total. The molecule has 0 saturated carbocycles. The molecule has 0 aliphatic carbocycles. The molecule has 6 heteroatoms. The molecule has 0 bridgehead atoms. The maximum atomic E-state index is 4.70. The van der Waals surface area contributed by atoms with Gasteiger partial charge >= 0.3 is 0 Å². The molecule has 0 atom stereocenters. The predicted molar refractivity (Wildman–Crippen MR) is 82.1 cm³/mol. The van der Waals surface area contributed by atoms with E-state index in [1.807, 2.05) is 19.0 Å². The summed E-state index contributed by atoms with van der Waals surface area (Å²) in [6.07, 6.45) is 2.54. The molecule has 1 N–H and O–H groups in total. The van der Waals surface area contributed by atoms with Gasteiger partial charge in [0, 0.05) is 39.1 Å². The zero-order valence-corrected chi connectivity index (χ0v) is 12.8. The van der Waals surface area contributed by atoms with Crippen molar-refractivity contribution in [3.63, 3.8) is 0 Å². The third-order valence-electron chi connectivity index (χ3n) is 3.05. The second-order valence-corrected chi connectivity index (χ2v) is 5.72. The van der Waals surface area contributed by atoms with E-state index in [9.17, 15) is 0 Å². The Morgan fingerprint density at radius 3 is 2.79 bits per heavy atom. The molecule has 0 amide bonds. The minimum atomic E-state index is 0.656. The van der Waals surface area contributed by atoms with Gasteiger partial charge in [-0.25, -0.2) is 9.98 Å². The van der Waals surface area contributed by atoms with E-state index in [0.717, 1.165) is 36.4 Å². The lowest BCUT2D eigenvalue weighted by atomic mass is 10.4. The summed E-state index contributed by atoms with van der Waals surface area (Å²) in [6.45, 7) is 5.91. The van der Waals surface area contributed by atoms with E-state index in [4.69, 9.17) is 4.99 Å². The van der Waals surface area contributed by atoms with E-state index in [1.165, 1.54) is 12.8 Å². The van der Waals surface area contributed by atoms with Crippen molar-refractivity contribution in [3.05, 3.63) is 11.1 Å². The van der Waals surface area contributed by atoms with Gasteiger partial charge in [0.15, 0.2) is 11.1 Å². The zero-order chi connectivity index (χ0) is 13.7. The molecule has 0 aromatic carbocycles. The molecule has 0 spiro atoms. The smallest absolute Gasteiger partial charge is 0.194 e. The lowest BCUT2D eigenvalue weighted by molar-refractivity contribution is 0.493. The van der Waals surface area contributed by atoms with Crippen molar-refractivity contribution in [2.24, 2.45) is 4.99 Å². The topological polar surface area (TPSA) is 43.8 Å². The molecular weight excluding hydrogens is 258 g/mol. The van der Waals surface area contributed by atoms with Gasteiger partial charge in [0.25, 0.3) is 0 Å². The Hall–Kier alpha value is -1.30. The van der Waals surface area contributed by atoms with Crippen LogP contribution in [0.25, 0.3) is 0 Å². The van der Waals surface area contributed by atoms with Gasteiger partial charge in [0.2, 0.25) is 0 Å². The van der Waals surface area contributed by atoms with Gasteiger partial charge in [-0.05, 0) is 19.8 Å². The monoisotopic (exact) mass is 281 g/mol. The van der Waals surface area contributed by atoms with Gasteiger partial charge < -0.3 is 15.1 Å². The van der Waals surface area contributed by atoms with Crippen LogP contribution in [0.1, 0.15) is 25.5 Å². The standard InChI is InChI=1S/C13H23N5S/c1-4-14-12(18-7-5-6-8-18)15-9-11-10-19-13(16-11)17(2)3/h10H,4-9H2,1-3H3,(H,14,15). The minimum absolute atomic E-state index is 0.656. The third-order valence-corrected chi connectivity index (χ3v) is 4.11. The molecule has 1 saturated heterocycles. The average molecular weight is 281 g/mol. The zero-order valence-electron chi connectivity index (χ0n) is 12.0. The van der Waals surface area contributed by atoms with Crippen LogP contribution in [0.3, 0.4) is 0 Å². The minimum Gasteiger partial charge on any atom is -0.357 e. The highest BCUT2D eigenvalue weighted by molar-refractivity contribution is 7.13. The van der Waals surface area contributed by atoms with Crippen LogP contribution in [-0.4, -0.2) is 49.6 Å². The van der Waals surface area contributed by atoms with Crippen molar-refractivity contribution >= 4 is 22.4 Å². The molecule has 2 rings (SSSR count). The average Bonchev–Trinajstić information content (AvgIpc) is 3.05. The van der Waals surface area contributed by atoms with Gasteiger partial charge in [0.1, 0.15) is 0 Å². The van der Waals surface area contributed by atoms with Gasteiger partial charge in [-0.2, -0.15) is 0 Å². The molecular formula is C13H23N5S. The van der Waals surface area contributed by atoms with E-state index < -0.39 is 0 Å². The molecule has 2 heterocycles. The first-order valence-corrected chi connectivity index (χ1v) is 7.73. The van der Waals surface area contributed by atoms with Crippen LogP contribution < -0.4 is 10.2 Å². The summed E-state index contributed by atoms with van der Waals surface area (Å²) < 4.78 is 0. The number of nitrogens with one attached hydrogen (secondary N) is 1. The van der Waals surface area contributed by atoms with Crippen molar-refractivity contribution in [1.82, 2.24) is 15.2 Å². The maximum Gasteiger partial charge on any atom is 0.194 e. The third kappa shape index (κ3) is 3.83. The van der Waals surface area contributed by atoms with Crippen LogP contribution in [0.2, 0.25) is 0 Å². The van der Waals surface area contributed by atoms with Crippen LogP contribution in [-0.2, 0) is 6.54 Å². The molecule has 1 fully saturated rings. The number of thiazole rings is 1. The lowest BCUT2D eigenvalue weighted by Crippen LogP contribution is -2.39. The normalized spacial score (nSPS) is 15.9. The van der Waals surface area contributed by atoms with Gasteiger partial charge in [-0.3, -0.25) is 0 Å². The van der Waals surface area contributed by atoms with E-state index >= 15 is 0 Å². The summed E-state index contributed by atoms with van der Waals surface area (Å²) in [5.41, 5.74) is 1.04. The fraction of sp³-hybridized carbons (Fsp3) is 0.692. The Balaban J connectivity index is 2.00. The first-order chi connectivity index (χ1) is 9.20. The van der Waals surface area contributed by atoms with Crippen molar-refractivity contribution in [2.75, 3.05) is 38.6 Å². The molecule has 0 radical (unpaired) electrons. The quantitative estimate of drug-likeness (QED) is 0.675. The number of aromatic nitrogens is 1. The van der Waals surface area contributed by atoms with E-state index in [2.05, 4.69) is 27.5 Å². The van der Waals surface area contributed by atoms with Crippen molar-refractivity contribution in [2.45, 2.75) is 26.3 Å². The summed E-state index contributed by atoms with van der Waals surface area (Å²) in [5, 5.41) is 6.49. The Bertz CT molecular complexity index is 420. The lowest BCUT2D eigenvalue weighted by Gasteiger charge is -2.20. The Kier molecular flexibility index (Phi) is 5.01. The van der Waals surface area contributed by atoms with E-state index in [0.29, 0.717) is 6.54 Å². The first-order valence-electron chi connectivity index (χ1n) is 6.85. The van der Waals surface area contributed by atoms with Crippen LogP contribution in [0.5, 0.6) is 0 Å². The van der Waals surface area contributed by atoms with Gasteiger partial charge in [-0.15, -0.1) is 11.3 Å². The number of hydrogen-bond acceptors (Lipinski definition) is 4. The highest BCUT2D eigenvalue weighted by Gasteiger charge is 2.15. The molecule has 0 unspecified atom stereocenters. The summed E-state index contributed by atoms with van der Waals surface area (Å²) in [6, 6.07) is 0. The highest BCUT2D eigenvalue weighted by atomic mass is 32.1. The van der Waals surface area contributed by atoms with Crippen molar-refractivity contribution in [3.8, 4) is 0 Å². The first kappa shape index (κ1) is 14.1. The SMILES string of the molecule is CCNC(=NCc1csc(N(C)C)n1)N1CCCC1. The Morgan fingerprint density at radius 2 is 2.21 bits per heavy atom. The number of anilines is 1. The summed E-state index contributed by atoms with van der Waals surface area (Å²) in [4.78, 5) is 13.6. The number of guanidine groups is 1. The summed E-state index contributed by atoms with van der Waals surface area (Å²) >= 11 is 1.67. The highest BCUT2D eigenvalue weighted by Crippen LogP contribution is 2.18. The van der Waals surface area contributed by atoms with Crippen LogP contribution in [0.15, 0.2) is 10.4 Å². The van der Waals surface area contributed by atoms with E-state index in [1.54, 1.807) is 11.3 Å². The fourth-order valence-corrected chi connectivity index (χ4v) is 2.83. The summed E-state index contributed by atoms with van der Waals surface area (Å²) in [7, 11) is 4.03. The van der Waals surface area contributed by atoms with Crippen LogP contribution >= 0.6 is 11.3 Å². The van der Waals surface area contributed by atoms with Gasteiger partial charge in [0.05, 0.1) is 12.2 Å². The Morgan fingerprint density at radius 1 is 1.47 bits per heavy atom.